The molecule has 0 saturated carbocycles. The Bertz CT molecular complexity index is 191. The van der Waals surface area contributed by atoms with E-state index in [1.807, 2.05) is 0 Å². The molecule has 5 nitrogen and oxygen atoms in total. The smallest absolute Gasteiger partial charge is 0.203 e. The molecule has 1 saturated heterocycles. The highest BCUT2D eigenvalue weighted by atomic mass is 16.5. The molecule has 1 fully saturated rings. The highest BCUT2D eigenvalue weighted by Gasteiger charge is 2.20. The molecule has 0 spiro atoms. The summed E-state index contributed by atoms with van der Waals surface area (Å²) in [5, 5.41) is 13.5. The average molecular weight is 140 g/mol. The molecule has 0 aromatic carbocycles. The molecular formula is C5H8N4O. The SMILES string of the molecule is C1COC(c2nn[nH]n2)C1. The molecule has 0 aliphatic carbocycles. The maximum absolute atomic E-state index is 5.31. The van der Waals surface area contributed by atoms with Crippen molar-refractivity contribution in [3.8, 4) is 0 Å². The van der Waals surface area contributed by atoms with Crippen LogP contribution in [0.2, 0.25) is 0 Å². The molecule has 2 heterocycles. The molecule has 1 N–H and O–H groups in total. The fraction of sp³-hybridized carbons (Fsp3) is 0.800. The van der Waals surface area contributed by atoms with Crippen LogP contribution in [0.25, 0.3) is 0 Å². The van der Waals surface area contributed by atoms with E-state index >= 15 is 0 Å². The first-order valence-electron chi connectivity index (χ1n) is 3.32. The van der Waals surface area contributed by atoms with Crippen molar-refractivity contribution in [3.05, 3.63) is 5.82 Å². The summed E-state index contributed by atoms with van der Waals surface area (Å²) in [5.74, 6) is 0.678. The number of aromatic nitrogens is 4. The first kappa shape index (κ1) is 5.79. The minimum Gasteiger partial charge on any atom is -0.370 e. The Hall–Kier alpha value is -0.970. The van der Waals surface area contributed by atoms with Crippen LogP contribution in [0.3, 0.4) is 0 Å². The summed E-state index contributed by atoms with van der Waals surface area (Å²) in [4.78, 5) is 0. The lowest BCUT2D eigenvalue weighted by Gasteiger charge is -2.00. The summed E-state index contributed by atoms with van der Waals surface area (Å²) in [6.07, 6.45) is 2.19. The van der Waals surface area contributed by atoms with Crippen LogP contribution >= 0.6 is 0 Å². The van der Waals surface area contributed by atoms with Crippen molar-refractivity contribution >= 4 is 0 Å². The largest absolute Gasteiger partial charge is 0.370 e. The lowest BCUT2D eigenvalue weighted by molar-refractivity contribution is 0.105. The van der Waals surface area contributed by atoms with E-state index < -0.39 is 0 Å². The van der Waals surface area contributed by atoms with Crippen molar-refractivity contribution in [2.24, 2.45) is 0 Å². The van der Waals surface area contributed by atoms with Gasteiger partial charge in [-0.25, -0.2) is 0 Å². The quantitative estimate of drug-likeness (QED) is 0.598. The molecule has 1 aromatic heterocycles. The van der Waals surface area contributed by atoms with Gasteiger partial charge in [0, 0.05) is 6.61 Å². The van der Waals surface area contributed by atoms with E-state index in [0.717, 1.165) is 19.4 Å². The number of H-pyrrole nitrogens is 1. The number of nitrogens with zero attached hydrogens (tertiary/aromatic N) is 3. The zero-order valence-electron chi connectivity index (χ0n) is 5.45. The minimum atomic E-state index is 0.0822. The summed E-state index contributed by atoms with van der Waals surface area (Å²) in [5.41, 5.74) is 0. The van der Waals surface area contributed by atoms with E-state index in [-0.39, 0.29) is 6.10 Å². The number of nitrogens with one attached hydrogen (secondary N) is 1. The Labute approximate surface area is 57.8 Å². The molecule has 0 radical (unpaired) electrons. The highest BCUT2D eigenvalue weighted by molar-refractivity contribution is 4.86. The molecule has 54 valence electrons. The molecular weight excluding hydrogens is 132 g/mol. The predicted octanol–water partition coefficient (Wildman–Crippen LogP) is 0.0512. The molecule has 1 unspecified atom stereocenters. The summed E-state index contributed by atoms with van der Waals surface area (Å²) >= 11 is 0. The van der Waals surface area contributed by atoms with Crippen molar-refractivity contribution in [1.29, 1.82) is 0 Å². The van der Waals surface area contributed by atoms with Gasteiger partial charge in [0.15, 0.2) is 0 Å². The minimum absolute atomic E-state index is 0.0822. The van der Waals surface area contributed by atoms with Crippen molar-refractivity contribution < 1.29 is 4.74 Å². The van der Waals surface area contributed by atoms with Crippen LogP contribution in [0.4, 0.5) is 0 Å². The average Bonchev–Trinajstić information content (AvgIpc) is 2.59. The zero-order chi connectivity index (χ0) is 6.81. The molecule has 5 heteroatoms. The number of hydrogen-bond donors (Lipinski definition) is 1. The lowest BCUT2D eigenvalue weighted by atomic mass is 10.2. The number of hydrogen-bond acceptors (Lipinski definition) is 4. The van der Waals surface area contributed by atoms with Gasteiger partial charge in [-0.3, -0.25) is 0 Å². The van der Waals surface area contributed by atoms with Gasteiger partial charge in [0.2, 0.25) is 5.82 Å². The molecule has 1 aliphatic heterocycles. The van der Waals surface area contributed by atoms with Gasteiger partial charge in [0.05, 0.1) is 0 Å². The van der Waals surface area contributed by atoms with Gasteiger partial charge in [-0.05, 0) is 12.8 Å². The van der Waals surface area contributed by atoms with E-state index in [1.165, 1.54) is 0 Å². The second-order valence-corrected chi connectivity index (χ2v) is 2.27. The Balaban J connectivity index is 2.12. The first-order valence-corrected chi connectivity index (χ1v) is 3.32. The third kappa shape index (κ3) is 0.881. The Kier molecular flexibility index (Phi) is 1.35. The van der Waals surface area contributed by atoms with Crippen LogP contribution in [-0.4, -0.2) is 27.2 Å². The van der Waals surface area contributed by atoms with Crippen LogP contribution < -0.4 is 0 Å². The Morgan fingerprint density at radius 3 is 3.20 bits per heavy atom. The summed E-state index contributed by atoms with van der Waals surface area (Å²) in [6, 6.07) is 0. The van der Waals surface area contributed by atoms with Crippen LogP contribution in [0.5, 0.6) is 0 Å². The van der Waals surface area contributed by atoms with E-state index in [9.17, 15) is 0 Å². The number of tetrazole rings is 1. The van der Waals surface area contributed by atoms with Crippen LogP contribution in [-0.2, 0) is 4.74 Å². The maximum Gasteiger partial charge on any atom is 0.203 e. The van der Waals surface area contributed by atoms with Gasteiger partial charge in [-0.2, -0.15) is 5.21 Å². The fourth-order valence-corrected chi connectivity index (χ4v) is 1.09. The third-order valence-electron chi connectivity index (χ3n) is 1.58. The second kappa shape index (κ2) is 2.34. The molecule has 2 rings (SSSR count). The molecule has 1 aromatic rings. The summed E-state index contributed by atoms with van der Waals surface area (Å²) in [7, 11) is 0. The van der Waals surface area contributed by atoms with E-state index in [2.05, 4.69) is 20.6 Å². The highest BCUT2D eigenvalue weighted by Crippen LogP contribution is 2.24. The van der Waals surface area contributed by atoms with Crippen molar-refractivity contribution in [1.82, 2.24) is 20.6 Å². The summed E-state index contributed by atoms with van der Waals surface area (Å²) < 4.78 is 5.31. The van der Waals surface area contributed by atoms with Crippen molar-refractivity contribution in [2.75, 3.05) is 6.61 Å². The maximum atomic E-state index is 5.31. The monoisotopic (exact) mass is 140 g/mol. The van der Waals surface area contributed by atoms with E-state index in [0.29, 0.717) is 5.82 Å². The fourth-order valence-electron chi connectivity index (χ4n) is 1.09. The molecule has 1 atom stereocenters. The summed E-state index contributed by atoms with van der Waals surface area (Å²) in [6.45, 7) is 0.819. The lowest BCUT2D eigenvalue weighted by Crippen LogP contribution is -1.97. The van der Waals surface area contributed by atoms with Gasteiger partial charge < -0.3 is 4.74 Å². The van der Waals surface area contributed by atoms with E-state index in [1.54, 1.807) is 0 Å². The normalized spacial score (nSPS) is 25.4. The topological polar surface area (TPSA) is 63.7 Å². The van der Waals surface area contributed by atoms with E-state index in [4.69, 9.17) is 4.74 Å². The van der Waals surface area contributed by atoms with Gasteiger partial charge in [0.1, 0.15) is 6.10 Å². The third-order valence-corrected chi connectivity index (χ3v) is 1.58. The van der Waals surface area contributed by atoms with Gasteiger partial charge in [0.25, 0.3) is 0 Å². The number of ether oxygens (including phenoxy) is 1. The number of rotatable bonds is 1. The molecule has 10 heavy (non-hydrogen) atoms. The molecule has 0 amide bonds. The second-order valence-electron chi connectivity index (χ2n) is 2.27. The van der Waals surface area contributed by atoms with Gasteiger partial charge in [-0.1, -0.05) is 5.21 Å². The van der Waals surface area contributed by atoms with Gasteiger partial charge in [-0.15, -0.1) is 10.2 Å². The van der Waals surface area contributed by atoms with Crippen LogP contribution in [0, 0.1) is 0 Å². The zero-order valence-corrected chi connectivity index (χ0v) is 5.45. The van der Waals surface area contributed by atoms with Crippen LogP contribution in [0.1, 0.15) is 24.8 Å². The van der Waals surface area contributed by atoms with Crippen molar-refractivity contribution in [3.63, 3.8) is 0 Å². The molecule has 0 bridgehead atoms. The number of aromatic amines is 1. The first-order chi connectivity index (χ1) is 4.97. The van der Waals surface area contributed by atoms with Crippen LogP contribution in [0.15, 0.2) is 0 Å². The van der Waals surface area contributed by atoms with Crippen molar-refractivity contribution in [2.45, 2.75) is 18.9 Å². The molecule has 1 aliphatic rings. The standard InChI is InChI=1S/C5H8N4O/c1-2-4(10-3-1)5-6-8-9-7-5/h4H,1-3H2,(H,6,7,8,9). The predicted molar refractivity (Wildman–Crippen MR) is 32.1 cm³/mol. The Morgan fingerprint density at radius 2 is 2.60 bits per heavy atom. The van der Waals surface area contributed by atoms with Gasteiger partial charge >= 0.3 is 0 Å². The Morgan fingerprint density at radius 1 is 1.60 bits per heavy atom.